The molecule has 0 aliphatic heterocycles. The Morgan fingerprint density at radius 3 is 2.47 bits per heavy atom. The number of hydrogen-bond donors (Lipinski definition) is 1. The third-order valence-electron chi connectivity index (χ3n) is 3.15. The van der Waals surface area contributed by atoms with Gasteiger partial charge in [0.25, 0.3) is 0 Å². The van der Waals surface area contributed by atoms with E-state index >= 15 is 0 Å². The van der Waals surface area contributed by atoms with Crippen molar-refractivity contribution in [3.05, 3.63) is 41.5 Å². The molecule has 0 amide bonds. The van der Waals surface area contributed by atoms with E-state index in [4.69, 9.17) is 0 Å². The van der Waals surface area contributed by atoms with Gasteiger partial charge in [-0.25, -0.2) is 0 Å². The molecule has 2 heteroatoms. The third-order valence-corrected chi connectivity index (χ3v) is 3.15. The van der Waals surface area contributed by atoms with Crippen molar-refractivity contribution in [1.82, 2.24) is 0 Å². The Hall–Kier alpha value is -1.21. The molecular weight excluding hydrogens is 206 g/mol. The second-order valence-electron chi connectivity index (χ2n) is 3.86. The zero-order chi connectivity index (χ0) is 9.54. The molecule has 2 aromatic rings. The molecule has 1 nitrogen and oxygen atoms in total. The van der Waals surface area contributed by atoms with E-state index in [0.29, 0.717) is 0 Å². The molecule has 1 aliphatic rings. The molecule has 2 aromatic carbocycles. The first-order valence-corrected chi connectivity index (χ1v) is 5.11. The van der Waals surface area contributed by atoms with E-state index < -0.39 is 0 Å². The van der Waals surface area contributed by atoms with Crippen molar-refractivity contribution in [2.75, 3.05) is 12.4 Å². The maximum atomic E-state index is 3.25. The number of halogens is 1. The largest absolute Gasteiger partial charge is 0.388 e. The van der Waals surface area contributed by atoms with E-state index in [1.807, 2.05) is 7.05 Å². The fourth-order valence-electron chi connectivity index (χ4n) is 2.46. The molecule has 0 heterocycles. The number of nitrogens with one attached hydrogen (secondary N) is 1. The highest BCUT2D eigenvalue weighted by Crippen LogP contribution is 2.34. The molecule has 1 aliphatic carbocycles. The van der Waals surface area contributed by atoms with Crippen LogP contribution in [0, 0.1) is 0 Å². The van der Waals surface area contributed by atoms with E-state index in [1.165, 1.54) is 40.4 Å². The topological polar surface area (TPSA) is 12.0 Å². The van der Waals surface area contributed by atoms with Crippen molar-refractivity contribution in [1.29, 1.82) is 0 Å². The van der Waals surface area contributed by atoms with Gasteiger partial charge in [-0.05, 0) is 35.4 Å². The normalized spacial score (nSPS) is 12.6. The Labute approximate surface area is 95.9 Å². The molecule has 1 N–H and O–H groups in total. The van der Waals surface area contributed by atoms with Crippen LogP contribution < -0.4 is 5.32 Å². The van der Waals surface area contributed by atoms with Crippen LogP contribution in [0.25, 0.3) is 10.8 Å². The van der Waals surface area contributed by atoms with Crippen LogP contribution in [-0.4, -0.2) is 7.05 Å². The van der Waals surface area contributed by atoms with Crippen molar-refractivity contribution in [2.45, 2.75) is 12.8 Å². The SMILES string of the molecule is CNc1ccc2c3c(cccc13)CC2.Cl. The highest BCUT2D eigenvalue weighted by atomic mass is 35.5. The highest BCUT2D eigenvalue weighted by molar-refractivity contribution is 5.99. The molecule has 0 aromatic heterocycles. The lowest BCUT2D eigenvalue weighted by molar-refractivity contribution is 1.02. The number of anilines is 1. The van der Waals surface area contributed by atoms with Crippen LogP contribution >= 0.6 is 12.4 Å². The first-order valence-electron chi connectivity index (χ1n) is 5.11. The second-order valence-corrected chi connectivity index (χ2v) is 3.86. The molecule has 0 unspecified atom stereocenters. The average molecular weight is 220 g/mol. The summed E-state index contributed by atoms with van der Waals surface area (Å²) in [5.41, 5.74) is 4.26. The summed E-state index contributed by atoms with van der Waals surface area (Å²) in [7, 11) is 1.99. The Morgan fingerprint density at radius 2 is 1.73 bits per heavy atom. The predicted octanol–water partition coefficient (Wildman–Crippen LogP) is 3.40. The molecule has 15 heavy (non-hydrogen) atoms. The van der Waals surface area contributed by atoms with Gasteiger partial charge in [0.15, 0.2) is 0 Å². The smallest absolute Gasteiger partial charge is 0.0417 e. The molecule has 0 radical (unpaired) electrons. The highest BCUT2D eigenvalue weighted by Gasteiger charge is 2.14. The van der Waals surface area contributed by atoms with E-state index in [9.17, 15) is 0 Å². The molecule has 0 saturated carbocycles. The van der Waals surface area contributed by atoms with Gasteiger partial charge in [-0.2, -0.15) is 0 Å². The fraction of sp³-hybridized carbons (Fsp3) is 0.231. The van der Waals surface area contributed by atoms with Crippen molar-refractivity contribution in [3.63, 3.8) is 0 Å². The molecule has 3 rings (SSSR count). The summed E-state index contributed by atoms with van der Waals surface area (Å²) in [6.07, 6.45) is 2.42. The third kappa shape index (κ3) is 1.38. The number of rotatable bonds is 1. The Morgan fingerprint density at radius 1 is 1.00 bits per heavy atom. The average Bonchev–Trinajstić information content (AvgIpc) is 2.65. The lowest BCUT2D eigenvalue weighted by Crippen LogP contribution is -1.90. The number of aryl methyl sites for hydroxylation is 2. The summed E-state index contributed by atoms with van der Waals surface area (Å²) in [6, 6.07) is 11.1. The standard InChI is InChI=1S/C13H13N.ClH/c1-14-12-8-7-10-6-5-9-3-2-4-11(12)13(9)10;/h2-4,7-8,14H,5-6H2,1H3;1H. The molecule has 0 saturated heterocycles. The van der Waals surface area contributed by atoms with Crippen molar-refractivity contribution < 1.29 is 0 Å². The summed E-state index contributed by atoms with van der Waals surface area (Å²) in [4.78, 5) is 0. The zero-order valence-corrected chi connectivity index (χ0v) is 9.53. The minimum Gasteiger partial charge on any atom is -0.388 e. The lowest BCUT2D eigenvalue weighted by Gasteiger charge is -2.07. The summed E-state index contributed by atoms with van der Waals surface area (Å²) in [5.74, 6) is 0. The molecule has 0 bridgehead atoms. The molecular formula is C13H14ClN. The molecule has 0 atom stereocenters. The first-order chi connectivity index (χ1) is 6.90. The van der Waals surface area contributed by atoms with Crippen molar-refractivity contribution in [3.8, 4) is 0 Å². The summed E-state index contributed by atoms with van der Waals surface area (Å²) >= 11 is 0. The van der Waals surface area contributed by atoms with Crippen LogP contribution in [0.4, 0.5) is 5.69 Å². The van der Waals surface area contributed by atoms with E-state index in [2.05, 4.69) is 35.6 Å². The van der Waals surface area contributed by atoms with Gasteiger partial charge in [-0.1, -0.05) is 24.3 Å². The summed E-state index contributed by atoms with van der Waals surface area (Å²) in [6.45, 7) is 0. The molecule has 0 spiro atoms. The number of hydrogen-bond acceptors (Lipinski definition) is 1. The zero-order valence-electron chi connectivity index (χ0n) is 8.71. The maximum absolute atomic E-state index is 3.25. The van der Waals surface area contributed by atoms with Gasteiger partial charge >= 0.3 is 0 Å². The molecule has 0 fully saturated rings. The van der Waals surface area contributed by atoms with Gasteiger partial charge < -0.3 is 5.32 Å². The van der Waals surface area contributed by atoms with Crippen LogP contribution in [0.3, 0.4) is 0 Å². The van der Waals surface area contributed by atoms with Gasteiger partial charge in [-0.3, -0.25) is 0 Å². The van der Waals surface area contributed by atoms with Crippen LogP contribution in [0.15, 0.2) is 30.3 Å². The lowest BCUT2D eigenvalue weighted by atomic mass is 10.0. The van der Waals surface area contributed by atoms with Gasteiger partial charge in [0.1, 0.15) is 0 Å². The van der Waals surface area contributed by atoms with E-state index in [0.717, 1.165) is 0 Å². The van der Waals surface area contributed by atoms with E-state index in [1.54, 1.807) is 0 Å². The van der Waals surface area contributed by atoms with Gasteiger partial charge in [0.05, 0.1) is 0 Å². The Bertz CT molecular complexity index is 495. The molecule has 78 valence electrons. The minimum atomic E-state index is 0. The van der Waals surface area contributed by atoms with E-state index in [-0.39, 0.29) is 12.4 Å². The van der Waals surface area contributed by atoms with Gasteiger partial charge in [-0.15, -0.1) is 12.4 Å². The van der Waals surface area contributed by atoms with Gasteiger partial charge in [0, 0.05) is 18.1 Å². The quantitative estimate of drug-likeness (QED) is 0.775. The second kappa shape index (κ2) is 3.74. The van der Waals surface area contributed by atoms with Crippen LogP contribution in [-0.2, 0) is 12.8 Å². The number of benzene rings is 2. The Balaban J connectivity index is 0.000000853. The summed E-state index contributed by atoms with van der Waals surface area (Å²) < 4.78 is 0. The van der Waals surface area contributed by atoms with Gasteiger partial charge in [0.2, 0.25) is 0 Å². The monoisotopic (exact) mass is 219 g/mol. The van der Waals surface area contributed by atoms with Crippen LogP contribution in [0.1, 0.15) is 11.1 Å². The van der Waals surface area contributed by atoms with Crippen LogP contribution in [0.2, 0.25) is 0 Å². The Kier molecular flexibility index (Phi) is 2.57. The predicted molar refractivity (Wildman–Crippen MR) is 68.2 cm³/mol. The van der Waals surface area contributed by atoms with Crippen molar-refractivity contribution in [2.24, 2.45) is 0 Å². The van der Waals surface area contributed by atoms with Crippen LogP contribution in [0.5, 0.6) is 0 Å². The summed E-state index contributed by atoms with van der Waals surface area (Å²) in [5, 5.41) is 6.11. The van der Waals surface area contributed by atoms with Crippen molar-refractivity contribution >= 4 is 28.9 Å². The first kappa shape index (κ1) is 10.3. The maximum Gasteiger partial charge on any atom is 0.0417 e. The fourth-order valence-corrected chi connectivity index (χ4v) is 2.46. The minimum absolute atomic E-state index is 0.